The molecule has 0 radical (unpaired) electrons. The van der Waals surface area contributed by atoms with Crippen LogP contribution >= 0.6 is 0 Å². The third kappa shape index (κ3) is 2.82. The zero-order chi connectivity index (χ0) is 18.3. The summed E-state index contributed by atoms with van der Waals surface area (Å²) in [6.07, 6.45) is 5.05. The second kappa shape index (κ2) is 6.83. The second-order valence-electron chi connectivity index (χ2n) is 7.58. The Morgan fingerprint density at radius 3 is 2.54 bits per heavy atom. The molecule has 2 aliphatic heterocycles. The van der Waals surface area contributed by atoms with Crippen LogP contribution in [0, 0.1) is 0 Å². The topological polar surface area (TPSA) is 69.7 Å². The maximum atomic E-state index is 12.9. The number of nitrogens with zero attached hydrogens (tertiary/aromatic N) is 2. The first-order valence-corrected chi connectivity index (χ1v) is 9.61. The molecule has 4 rings (SSSR count). The van der Waals surface area contributed by atoms with Crippen molar-refractivity contribution >= 4 is 17.7 Å². The van der Waals surface area contributed by atoms with Crippen LogP contribution in [0.25, 0.3) is 0 Å². The van der Waals surface area contributed by atoms with Crippen LogP contribution in [-0.2, 0) is 0 Å². The summed E-state index contributed by atoms with van der Waals surface area (Å²) in [4.78, 5) is 41.8. The van der Waals surface area contributed by atoms with Crippen molar-refractivity contribution in [2.75, 3.05) is 19.6 Å². The molecule has 1 atom stereocenters. The van der Waals surface area contributed by atoms with Gasteiger partial charge in [-0.3, -0.25) is 19.3 Å². The lowest BCUT2D eigenvalue weighted by Crippen LogP contribution is -2.52. The maximum absolute atomic E-state index is 12.9. The number of carbonyl (C=O) groups excluding carboxylic acids is 3. The lowest BCUT2D eigenvalue weighted by Gasteiger charge is -2.34. The molecule has 6 nitrogen and oxygen atoms in total. The number of hydrogen-bond acceptors (Lipinski definition) is 4. The van der Waals surface area contributed by atoms with Crippen molar-refractivity contribution in [1.29, 1.82) is 0 Å². The number of fused-ring (bicyclic) bond motifs is 1. The summed E-state index contributed by atoms with van der Waals surface area (Å²) in [5.41, 5.74) is 1.31. The Hall–Kier alpha value is -2.21. The van der Waals surface area contributed by atoms with Crippen molar-refractivity contribution in [2.24, 2.45) is 0 Å². The van der Waals surface area contributed by atoms with Gasteiger partial charge < -0.3 is 10.2 Å². The standard InChI is InChI=1S/C20H25N3O3/c1-13-12-21-9-10-22(13)18(24)14-7-8-16-17(11-14)20(26)23(19(16)25)15-5-3-2-4-6-15/h7-8,11,13,15,21H,2-6,9-10,12H2,1H3/t13-/m1/s1. The Bertz CT molecular complexity index is 755. The van der Waals surface area contributed by atoms with Gasteiger partial charge in [-0.1, -0.05) is 19.3 Å². The number of nitrogens with one attached hydrogen (secondary N) is 1. The molecule has 6 heteroatoms. The first-order valence-electron chi connectivity index (χ1n) is 9.61. The molecule has 1 aliphatic carbocycles. The highest BCUT2D eigenvalue weighted by atomic mass is 16.2. The summed E-state index contributed by atoms with van der Waals surface area (Å²) in [5, 5.41) is 3.27. The van der Waals surface area contributed by atoms with Gasteiger partial charge in [0.05, 0.1) is 11.1 Å². The minimum atomic E-state index is -0.236. The van der Waals surface area contributed by atoms with Gasteiger partial charge in [0.25, 0.3) is 17.7 Å². The smallest absolute Gasteiger partial charge is 0.261 e. The summed E-state index contributed by atoms with van der Waals surface area (Å²) < 4.78 is 0. The van der Waals surface area contributed by atoms with E-state index in [1.54, 1.807) is 18.2 Å². The van der Waals surface area contributed by atoms with E-state index in [1.165, 1.54) is 11.3 Å². The average molecular weight is 355 g/mol. The van der Waals surface area contributed by atoms with Gasteiger partial charge in [0.1, 0.15) is 0 Å². The molecule has 1 saturated heterocycles. The van der Waals surface area contributed by atoms with Crippen LogP contribution in [0.5, 0.6) is 0 Å². The molecule has 2 heterocycles. The molecule has 138 valence electrons. The highest BCUT2D eigenvalue weighted by molar-refractivity contribution is 6.22. The van der Waals surface area contributed by atoms with E-state index in [4.69, 9.17) is 0 Å². The van der Waals surface area contributed by atoms with Gasteiger partial charge in [0.15, 0.2) is 0 Å². The van der Waals surface area contributed by atoms with Crippen molar-refractivity contribution < 1.29 is 14.4 Å². The average Bonchev–Trinajstić information content (AvgIpc) is 2.92. The number of piperazine rings is 1. The van der Waals surface area contributed by atoms with E-state index in [0.29, 0.717) is 23.2 Å². The third-order valence-electron chi connectivity index (χ3n) is 5.87. The Kier molecular flexibility index (Phi) is 4.53. The molecule has 2 fully saturated rings. The predicted molar refractivity (Wildman–Crippen MR) is 97.2 cm³/mol. The number of imide groups is 1. The molecule has 1 N–H and O–H groups in total. The molecule has 0 aromatic heterocycles. The van der Waals surface area contributed by atoms with Crippen molar-refractivity contribution in [3.8, 4) is 0 Å². The molecular formula is C20H25N3O3. The normalized spacial score (nSPS) is 24.1. The van der Waals surface area contributed by atoms with E-state index in [0.717, 1.165) is 38.8 Å². The van der Waals surface area contributed by atoms with Gasteiger partial charge in [-0.2, -0.15) is 0 Å². The molecule has 1 aromatic carbocycles. The van der Waals surface area contributed by atoms with E-state index in [-0.39, 0.29) is 29.8 Å². The van der Waals surface area contributed by atoms with E-state index in [1.807, 2.05) is 11.8 Å². The minimum absolute atomic E-state index is 0.00323. The zero-order valence-electron chi connectivity index (χ0n) is 15.2. The lowest BCUT2D eigenvalue weighted by molar-refractivity contribution is 0.0548. The Morgan fingerprint density at radius 2 is 1.81 bits per heavy atom. The van der Waals surface area contributed by atoms with Crippen molar-refractivity contribution in [3.63, 3.8) is 0 Å². The number of amides is 3. The number of rotatable bonds is 2. The number of hydrogen-bond donors (Lipinski definition) is 1. The van der Waals surface area contributed by atoms with Gasteiger partial charge in [0.2, 0.25) is 0 Å². The minimum Gasteiger partial charge on any atom is -0.333 e. The molecule has 0 bridgehead atoms. The van der Waals surface area contributed by atoms with E-state index in [9.17, 15) is 14.4 Å². The molecule has 0 unspecified atom stereocenters. The van der Waals surface area contributed by atoms with E-state index in [2.05, 4.69) is 5.32 Å². The maximum Gasteiger partial charge on any atom is 0.261 e. The van der Waals surface area contributed by atoms with Crippen LogP contribution in [-0.4, -0.2) is 59.2 Å². The molecule has 1 saturated carbocycles. The van der Waals surface area contributed by atoms with Gasteiger partial charge in [-0.15, -0.1) is 0 Å². The Morgan fingerprint density at radius 1 is 1.08 bits per heavy atom. The van der Waals surface area contributed by atoms with Crippen LogP contribution in [0.4, 0.5) is 0 Å². The first-order chi connectivity index (χ1) is 12.6. The Labute approximate surface area is 153 Å². The summed E-state index contributed by atoms with van der Waals surface area (Å²) >= 11 is 0. The van der Waals surface area contributed by atoms with Crippen LogP contribution in [0.15, 0.2) is 18.2 Å². The summed E-state index contributed by atoms with van der Waals surface area (Å²) in [6.45, 7) is 4.20. The Balaban J connectivity index is 1.60. The molecular weight excluding hydrogens is 330 g/mol. The number of benzene rings is 1. The predicted octanol–water partition coefficient (Wildman–Crippen LogP) is 2.05. The monoisotopic (exact) mass is 355 g/mol. The zero-order valence-corrected chi connectivity index (χ0v) is 15.2. The van der Waals surface area contributed by atoms with Crippen molar-refractivity contribution in [2.45, 2.75) is 51.1 Å². The molecule has 3 amide bonds. The molecule has 0 spiro atoms. The highest BCUT2D eigenvalue weighted by Gasteiger charge is 2.40. The van der Waals surface area contributed by atoms with Crippen LogP contribution in [0.2, 0.25) is 0 Å². The molecule has 26 heavy (non-hydrogen) atoms. The molecule has 3 aliphatic rings. The lowest BCUT2D eigenvalue weighted by atomic mass is 9.94. The summed E-state index contributed by atoms with van der Waals surface area (Å²) in [7, 11) is 0. The van der Waals surface area contributed by atoms with Gasteiger partial charge in [-0.05, 0) is 38.0 Å². The van der Waals surface area contributed by atoms with Crippen LogP contribution in [0.1, 0.15) is 70.1 Å². The van der Waals surface area contributed by atoms with Gasteiger partial charge in [-0.25, -0.2) is 0 Å². The second-order valence-corrected chi connectivity index (χ2v) is 7.58. The van der Waals surface area contributed by atoms with Crippen LogP contribution < -0.4 is 5.32 Å². The fourth-order valence-electron chi connectivity index (χ4n) is 4.37. The van der Waals surface area contributed by atoms with E-state index < -0.39 is 0 Å². The highest BCUT2D eigenvalue weighted by Crippen LogP contribution is 2.31. The van der Waals surface area contributed by atoms with Crippen molar-refractivity contribution in [1.82, 2.24) is 15.1 Å². The number of carbonyl (C=O) groups is 3. The SMILES string of the molecule is C[C@@H]1CNCCN1C(=O)c1ccc2c(c1)C(=O)N(C1CCCCC1)C2=O. The van der Waals surface area contributed by atoms with Gasteiger partial charge in [0, 0.05) is 37.3 Å². The van der Waals surface area contributed by atoms with Crippen molar-refractivity contribution in [3.05, 3.63) is 34.9 Å². The van der Waals surface area contributed by atoms with Crippen LogP contribution in [0.3, 0.4) is 0 Å². The first kappa shape index (κ1) is 17.2. The third-order valence-corrected chi connectivity index (χ3v) is 5.87. The molecule has 1 aromatic rings. The quantitative estimate of drug-likeness (QED) is 0.825. The fraction of sp³-hybridized carbons (Fsp3) is 0.550. The largest absolute Gasteiger partial charge is 0.333 e. The summed E-state index contributed by atoms with van der Waals surface area (Å²) in [5.74, 6) is -0.510. The summed E-state index contributed by atoms with van der Waals surface area (Å²) in [6, 6.07) is 5.07. The fourth-order valence-corrected chi connectivity index (χ4v) is 4.37. The van der Waals surface area contributed by atoms with E-state index >= 15 is 0 Å². The van der Waals surface area contributed by atoms with Gasteiger partial charge >= 0.3 is 0 Å².